The molecule has 0 aliphatic heterocycles. The Balaban J connectivity index is 2.76. The first-order valence-electron chi connectivity index (χ1n) is 6.61. The van der Waals surface area contributed by atoms with Gasteiger partial charge in [0.05, 0.1) is 11.0 Å². The van der Waals surface area contributed by atoms with E-state index in [1.165, 1.54) is 0 Å². The topological polar surface area (TPSA) is 69.4 Å². The number of ether oxygens (including phenoxy) is 1. The van der Waals surface area contributed by atoms with Crippen molar-refractivity contribution < 1.29 is 13.2 Å². The van der Waals surface area contributed by atoms with Crippen molar-refractivity contribution in [2.45, 2.75) is 38.5 Å². The Morgan fingerprint density at radius 1 is 1.30 bits per heavy atom. The van der Waals surface area contributed by atoms with Crippen LogP contribution < -0.4 is 10.5 Å². The van der Waals surface area contributed by atoms with Crippen LogP contribution in [0.3, 0.4) is 0 Å². The van der Waals surface area contributed by atoms with Crippen molar-refractivity contribution in [1.29, 1.82) is 0 Å². The SMILES string of the molecule is CC(N)Cc1c(Cl)cccc1OCCS(=O)(=O)C(C)C. The van der Waals surface area contributed by atoms with Crippen LogP contribution in [0.1, 0.15) is 26.3 Å². The van der Waals surface area contributed by atoms with E-state index in [0.29, 0.717) is 17.2 Å². The van der Waals surface area contributed by atoms with Gasteiger partial charge in [0.25, 0.3) is 0 Å². The Morgan fingerprint density at radius 3 is 2.50 bits per heavy atom. The third-order valence-electron chi connectivity index (χ3n) is 2.95. The van der Waals surface area contributed by atoms with E-state index in [1.807, 2.05) is 6.92 Å². The van der Waals surface area contributed by atoms with Gasteiger partial charge in [-0.15, -0.1) is 0 Å². The molecule has 1 unspecified atom stereocenters. The van der Waals surface area contributed by atoms with Gasteiger partial charge in [0.15, 0.2) is 9.84 Å². The molecular weight excluding hydrogens is 298 g/mol. The van der Waals surface area contributed by atoms with Crippen molar-refractivity contribution in [3.8, 4) is 5.75 Å². The summed E-state index contributed by atoms with van der Waals surface area (Å²) in [6, 6.07) is 5.29. The first kappa shape index (κ1) is 17.3. The van der Waals surface area contributed by atoms with Crippen molar-refractivity contribution in [2.75, 3.05) is 12.4 Å². The number of nitrogens with two attached hydrogens (primary N) is 1. The van der Waals surface area contributed by atoms with Gasteiger partial charge in [0.1, 0.15) is 12.4 Å². The molecule has 4 nitrogen and oxygen atoms in total. The number of hydrogen-bond acceptors (Lipinski definition) is 4. The minimum Gasteiger partial charge on any atom is -0.492 e. The standard InChI is InChI=1S/C14H22ClNO3S/c1-10(2)20(17,18)8-7-19-14-6-4-5-13(15)12(14)9-11(3)16/h4-6,10-11H,7-9,16H2,1-3H3. The Morgan fingerprint density at radius 2 is 1.95 bits per heavy atom. The third kappa shape index (κ3) is 4.96. The first-order chi connectivity index (χ1) is 9.24. The molecule has 1 aromatic carbocycles. The molecule has 0 saturated heterocycles. The molecule has 1 aromatic rings. The monoisotopic (exact) mass is 319 g/mol. The first-order valence-corrected chi connectivity index (χ1v) is 8.70. The number of halogens is 1. The summed E-state index contributed by atoms with van der Waals surface area (Å²) >= 11 is 6.14. The highest BCUT2D eigenvalue weighted by Crippen LogP contribution is 2.27. The van der Waals surface area contributed by atoms with E-state index in [0.717, 1.165) is 5.56 Å². The van der Waals surface area contributed by atoms with Crippen molar-refractivity contribution in [2.24, 2.45) is 5.73 Å². The minimum absolute atomic E-state index is 0.00516. The number of rotatable bonds is 7. The smallest absolute Gasteiger partial charge is 0.155 e. The average molecular weight is 320 g/mol. The van der Waals surface area contributed by atoms with E-state index in [1.54, 1.807) is 32.0 Å². The van der Waals surface area contributed by atoms with Crippen LogP contribution in [-0.4, -0.2) is 32.1 Å². The highest BCUT2D eigenvalue weighted by Gasteiger charge is 2.17. The summed E-state index contributed by atoms with van der Waals surface area (Å²) in [5.41, 5.74) is 6.61. The van der Waals surface area contributed by atoms with Gasteiger partial charge < -0.3 is 10.5 Å². The normalized spacial score (nSPS) is 13.5. The van der Waals surface area contributed by atoms with Crippen LogP contribution in [0.15, 0.2) is 18.2 Å². The summed E-state index contributed by atoms with van der Waals surface area (Å²) in [6.45, 7) is 5.33. The molecule has 0 heterocycles. The highest BCUT2D eigenvalue weighted by atomic mass is 35.5. The Hall–Kier alpha value is -0.780. The Labute approximate surface area is 126 Å². The van der Waals surface area contributed by atoms with Gasteiger partial charge in [-0.1, -0.05) is 17.7 Å². The molecule has 2 N–H and O–H groups in total. The molecule has 0 spiro atoms. The van der Waals surface area contributed by atoms with Crippen molar-refractivity contribution in [3.63, 3.8) is 0 Å². The summed E-state index contributed by atoms with van der Waals surface area (Å²) < 4.78 is 29.0. The van der Waals surface area contributed by atoms with E-state index in [2.05, 4.69) is 0 Å². The van der Waals surface area contributed by atoms with E-state index >= 15 is 0 Å². The van der Waals surface area contributed by atoms with Gasteiger partial charge in [-0.3, -0.25) is 0 Å². The van der Waals surface area contributed by atoms with Crippen molar-refractivity contribution >= 4 is 21.4 Å². The molecule has 114 valence electrons. The summed E-state index contributed by atoms with van der Waals surface area (Å²) in [4.78, 5) is 0. The van der Waals surface area contributed by atoms with Gasteiger partial charge in [0.2, 0.25) is 0 Å². The van der Waals surface area contributed by atoms with Crippen LogP contribution >= 0.6 is 11.6 Å². The molecule has 0 aliphatic carbocycles. The number of benzene rings is 1. The van der Waals surface area contributed by atoms with Gasteiger partial charge >= 0.3 is 0 Å². The molecule has 0 amide bonds. The summed E-state index contributed by atoms with van der Waals surface area (Å²) in [5, 5.41) is 0.195. The van der Waals surface area contributed by atoms with E-state index in [9.17, 15) is 8.42 Å². The lowest BCUT2D eigenvalue weighted by Crippen LogP contribution is -2.23. The maximum absolute atomic E-state index is 11.7. The van der Waals surface area contributed by atoms with Gasteiger partial charge in [0, 0.05) is 16.6 Å². The second-order valence-corrected chi connectivity index (χ2v) is 8.25. The lowest BCUT2D eigenvalue weighted by molar-refractivity contribution is 0.336. The Bertz CT molecular complexity index is 541. The second kappa shape index (κ2) is 7.29. The lowest BCUT2D eigenvalue weighted by Gasteiger charge is -2.15. The molecule has 0 aliphatic rings. The maximum atomic E-state index is 11.7. The van der Waals surface area contributed by atoms with Crippen molar-refractivity contribution in [3.05, 3.63) is 28.8 Å². The predicted octanol–water partition coefficient (Wildman–Crippen LogP) is 2.43. The van der Waals surface area contributed by atoms with Crippen LogP contribution in [0.2, 0.25) is 5.02 Å². The van der Waals surface area contributed by atoms with E-state index < -0.39 is 15.1 Å². The van der Waals surface area contributed by atoms with Gasteiger partial charge in [-0.2, -0.15) is 0 Å². The van der Waals surface area contributed by atoms with E-state index in [-0.39, 0.29) is 18.4 Å². The fourth-order valence-corrected chi connectivity index (χ4v) is 2.73. The third-order valence-corrected chi connectivity index (χ3v) is 5.47. The molecule has 6 heteroatoms. The second-order valence-electron chi connectivity index (χ2n) is 5.16. The molecule has 0 fully saturated rings. The minimum atomic E-state index is -3.10. The van der Waals surface area contributed by atoms with Crippen LogP contribution in [0.4, 0.5) is 0 Å². The fourth-order valence-electron chi connectivity index (χ4n) is 1.70. The van der Waals surface area contributed by atoms with E-state index in [4.69, 9.17) is 22.1 Å². The number of sulfone groups is 1. The fraction of sp³-hybridized carbons (Fsp3) is 0.571. The molecule has 20 heavy (non-hydrogen) atoms. The lowest BCUT2D eigenvalue weighted by atomic mass is 10.1. The quantitative estimate of drug-likeness (QED) is 0.838. The summed E-state index contributed by atoms with van der Waals surface area (Å²) in [6.07, 6.45) is 0.589. The molecule has 1 atom stereocenters. The van der Waals surface area contributed by atoms with Crippen LogP contribution in [0.25, 0.3) is 0 Å². The highest BCUT2D eigenvalue weighted by molar-refractivity contribution is 7.91. The zero-order valence-corrected chi connectivity index (χ0v) is 13.7. The molecule has 1 rings (SSSR count). The van der Waals surface area contributed by atoms with Gasteiger partial charge in [-0.25, -0.2) is 8.42 Å². The zero-order chi connectivity index (χ0) is 15.3. The van der Waals surface area contributed by atoms with Crippen LogP contribution in [-0.2, 0) is 16.3 Å². The molecule has 0 aromatic heterocycles. The Kier molecular flexibility index (Phi) is 6.30. The molecule has 0 saturated carbocycles. The maximum Gasteiger partial charge on any atom is 0.155 e. The average Bonchev–Trinajstić information content (AvgIpc) is 2.32. The predicted molar refractivity (Wildman–Crippen MR) is 83.2 cm³/mol. The summed E-state index contributed by atoms with van der Waals surface area (Å²) in [5.74, 6) is 0.600. The molecule has 0 bridgehead atoms. The van der Waals surface area contributed by atoms with Crippen molar-refractivity contribution in [1.82, 2.24) is 0 Å². The largest absolute Gasteiger partial charge is 0.492 e. The summed E-state index contributed by atoms with van der Waals surface area (Å²) in [7, 11) is -3.10. The number of hydrogen-bond donors (Lipinski definition) is 1. The molecular formula is C14H22ClNO3S. The molecule has 0 radical (unpaired) electrons. The zero-order valence-electron chi connectivity index (χ0n) is 12.1. The van der Waals surface area contributed by atoms with Crippen LogP contribution in [0, 0.1) is 0 Å². The van der Waals surface area contributed by atoms with Crippen LogP contribution in [0.5, 0.6) is 5.75 Å². The van der Waals surface area contributed by atoms with Gasteiger partial charge in [-0.05, 0) is 39.3 Å².